The van der Waals surface area contributed by atoms with Gasteiger partial charge in [0.2, 0.25) is 11.8 Å². The van der Waals surface area contributed by atoms with Crippen LogP contribution in [0.25, 0.3) is 0 Å². The first-order valence-corrected chi connectivity index (χ1v) is 14.0. The van der Waals surface area contributed by atoms with E-state index in [1.54, 1.807) is 23.8 Å². The highest BCUT2D eigenvalue weighted by atomic mass is 79.9. The van der Waals surface area contributed by atoms with Crippen LogP contribution in [0.1, 0.15) is 30.0 Å². The van der Waals surface area contributed by atoms with Crippen molar-refractivity contribution in [3.63, 3.8) is 0 Å². The molecule has 0 bridgehead atoms. The number of nitrogens with zero attached hydrogens (tertiary/aromatic N) is 1. The molecule has 0 unspecified atom stereocenters. The maximum atomic E-state index is 13.6. The summed E-state index contributed by atoms with van der Waals surface area (Å²) >= 11 is 5.08. The van der Waals surface area contributed by atoms with E-state index in [1.165, 1.54) is 0 Å². The van der Waals surface area contributed by atoms with Gasteiger partial charge in [0.15, 0.2) is 0 Å². The normalized spacial score (nSPS) is 11.5. The Kier molecular flexibility index (Phi) is 11.4. The number of carbonyl (C=O) groups is 2. The first kappa shape index (κ1) is 27.8. The average molecular weight is 570 g/mol. The fourth-order valence-electron chi connectivity index (χ4n) is 3.81. The number of amides is 2. The highest BCUT2D eigenvalue weighted by Gasteiger charge is 2.30. The maximum absolute atomic E-state index is 13.6. The quantitative estimate of drug-likeness (QED) is 0.280. The van der Waals surface area contributed by atoms with Gasteiger partial charge in [-0.25, -0.2) is 0 Å². The molecule has 1 N–H and O–H groups in total. The van der Waals surface area contributed by atoms with Crippen molar-refractivity contribution in [3.8, 4) is 5.75 Å². The van der Waals surface area contributed by atoms with Gasteiger partial charge in [-0.2, -0.15) is 0 Å². The summed E-state index contributed by atoms with van der Waals surface area (Å²) < 4.78 is 6.17. The fraction of sp³-hybridized carbons (Fsp3) is 0.310. The van der Waals surface area contributed by atoms with E-state index in [1.807, 2.05) is 85.8 Å². The van der Waals surface area contributed by atoms with Crippen LogP contribution in [-0.4, -0.2) is 42.2 Å². The smallest absolute Gasteiger partial charge is 0.243 e. The van der Waals surface area contributed by atoms with Crippen molar-refractivity contribution in [2.75, 3.05) is 19.4 Å². The second kappa shape index (κ2) is 14.7. The molecule has 36 heavy (non-hydrogen) atoms. The largest absolute Gasteiger partial charge is 0.497 e. The summed E-state index contributed by atoms with van der Waals surface area (Å²) in [5, 5.41) is 3.02. The van der Waals surface area contributed by atoms with Crippen LogP contribution in [0.5, 0.6) is 5.75 Å². The SMILES string of the molecule is CCCNC(=O)[C@H](Cc1ccccc1)N(Cc1cccc(Br)c1)C(=O)CSCc1ccc(OC)cc1. The maximum Gasteiger partial charge on any atom is 0.243 e. The molecule has 0 aromatic heterocycles. The molecule has 0 saturated heterocycles. The van der Waals surface area contributed by atoms with E-state index in [9.17, 15) is 9.59 Å². The van der Waals surface area contributed by atoms with E-state index in [0.717, 1.165) is 33.3 Å². The minimum absolute atomic E-state index is 0.0546. The van der Waals surface area contributed by atoms with Crippen LogP contribution in [0.2, 0.25) is 0 Å². The van der Waals surface area contributed by atoms with Crippen LogP contribution in [-0.2, 0) is 28.3 Å². The second-order valence-electron chi connectivity index (χ2n) is 8.49. The average Bonchev–Trinajstić information content (AvgIpc) is 2.90. The molecule has 0 saturated carbocycles. The number of ether oxygens (including phenoxy) is 1. The monoisotopic (exact) mass is 568 g/mol. The summed E-state index contributed by atoms with van der Waals surface area (Å²) in [6.45, 7) is 2.96. The molecular weight excluding hydrogens is 536 g/mol. The summed E-state index contributed by atoms with van der Waals surface area (Å²) in [6.07, 6.45) is 1.29. The Morgan fingerprint density at radius 1 is 0.972 bits per heavy atom. The Balaban J connectivity index is 1.81. The molecule has 3 rings (SSSR count). The number of nitrogens with one attached hydrogen (secondary N) is 1. The van der Waals surface area contributed by atoms with Crippen molar-refractivity contribution in [1.82, 2.24) is 10.2 Å². The van der Waals surface area contributed by atoms with E-state index in [-0.39, 0.29) is 17.6 Å². The van der Waals surface area contributed by atoms with Crippen LogP contribution in [0.4, 0.5) is 0 Å². The minimum Gasteiger partial charge on any atom is -0.497 e. The summed E-state index contributed by atoms with van der Waals surface area (Å²) in [5.74, 6) is 1.62. The predicted octanol–water partition coefficient (Wildman–Crippen LogP) is 5.86. The molecule has 3 aromatic rings. The number of hydrogen-bond acceptors (Lipinski definition) is 4. The summed E-state index contributed by atoms with van der Waals surface area (Å²) in [5.41, 5.74) is 3.11. The van der Waals surface area contributed by atoms with Gasteiger partial charge < -0.3 is 15.0 Å². The zero-order valence-corrected chi connectivity index (χ0v) is 23.2. The molecule has 1 atom stereocenters. The van der Waals surface area contributed by atoms with Crippen molar-refractivity contribution in [3.05, 3.63) is 100 Å². The van der Waals surface area contributed by atoms with E-state index in [4.69, 9.17) is 4.74 Å². The van der Waals surface area contributed by atoms with E-state index in [2.05, 4.69) is 21.2 Å². The topological polar surface area (TPSA) is 58.6 Å². The highest BCUT2D eigenvalue weighted by molar-refractivity contribution is 9.10. The standard InChI is InChI=1S/C29H33BrN2O3S/c1-3-16-31-29(34)27(18-22-8-5-4-6-9-22)32(19-24-10-7-11-25(30)17-24)28(33)21-36-20-23-12-14-26(35-2)15-13-23/h4-15,17,27H,3,16,18-21H2,1-2H3,(H,31,34)/t27-/m0/s1. The van der Waals surface area contributed by atoms with Gasteiger partial charge in [0.05, 0.1) is 12.9 Å². The first-order chi connectivity index (χ1) is 17.5. The molecule has 5 nitrogen and oxygen atoms in total. The van der Waals surface area contributed by atoms with Gasteiger partial charge in [-0.3, -0.25) is 9.59 Å². The molecule has 0 fully saturated rings. The van der Waals surface area contributed by atoms with Crippen molar-refractivity contribution in [2.45, 2.75) is 38.1 Å². The highest BCUT2D eigenvalue weighted by Crippen LogP contribution is 2.21. The molecule has 0 radical (unpaired) electrons. The molecule has 0 aliphatic carbocycles. The van der Waals surface area contributed by atoms with Gasteiger partial charge in [0, 0.05) is 29.7 Å². The zero-order chi connectivity index (χ0) is 25.8. The van der Waals surface area contributed by atoms with Gasteiger partial charge in [0.25, 0.3) is 0 Å². The van der Waals surface area contributed by atoms with Crippen LogP contribution in [0.3, 0.4) is 0 Å². The number of rotatable bonds is 13. The molecule has 190 valence electrons. The van der Waals surface area contributed by atoms with E-state index in [0.29, 0.717) is 25.3 Å². The minimum atomic E-state index is -0.605. The van der Waals surface area contributed by atoms with Crippen molar-refractivity contribution >= 4 is 39.5 Å². The molecule has 7 heteroatoms. The van der Waals surface area contributed by atoms with Crippen molar-refractivity contribution in [1.29, 1.82) is 0 Å². The molecule has 0 spiro atoms. The summed E-state index contributed by atoms with van der Waals surface area (Å²) in [7, 11) is 1.64. The second-order valence-corrected chi connectivity index (χ2v) is 10.4. The number of carbonyl (C=O) groups excluding carboxylic acids is 2. The third-order valence-corrected chi connectivity index (χ3v) is 7.20. The Morgan fingerprint density at radius 3 is 2.36 bits per heavy atom. The Morgan fingerprint density at radius 2 is 1.69 bits per heavy atom. The van der Waals surface area contributed by atoms with Gasteiger partial charge in [-0.1, -0.05) is 77.5 Å². The summed E-state index contributed by atoms with van der Waals surface area (Å²) in [6, 6.07) is 25.0. The molecule has 0 aliphatic rings. The molecule has 0 aliphatic heterocycles. The van der Waals surface area contributed by atoms with Gasteiger partial charge in [0.1, 0.15) is 11.8 Å². The molecule has 3 aromatic carbocycles. The summed E-state index contributed by atoms with van der Waals surface area (Å²) in [4.78, 5) is 28.7. The number of halogens is 1. The molecule has 0 heterocycles. The Labute approximate surface area is 226 Å². The van der Waals surface area contributed by atoms with Crippen molar-refractivity contribution < 1.29 is 14.3 Å². The predicted molar refractivity (Wildman–Crippen MR) is 151 cm³/mol. The van der Waals surface area contributed by atoms with Crippen LogP contribution in [0.15, 0.2) is 83.3 Å². The number of methoxy groups -OCH3 is 1. The van der Waals surface area contributed by atoms with Gasteiger partial charge in [-0.05, 0) is 47.4 Å². The fourth-order valence-corrected chi connectivity index (χ4v) is 5.13. The van der Waals surface area contributed by atoms with E-state index < -0.39 is 6.04 Å². The lowest BCUT2D eigenvalue weighted by Crippen LogP contribution is -2.51. The van der Waals surface area contributed by atoms with E-state index >= 15 is 0 Å². The van der Waals surface area contributed by atoms with Gasteiger partial charge >= 0.3 is 0 Å². The first-order valence-electron chi connectivity index (χ1n) is 12.1. The Bertz CT molecular complexity index is 1110. The van der Waals surface area contributed by atoms with Crippen LogP contribution >= 0.6 is 27.7 Å². The lowest BCUT2D eigenvalue weighted by atomic mass is 10.0. The molecule has 2 amide bonds. The lowest BCUT2D eigenvalue weighted by Gasteiger charge is -2.31. The lowest BCUT2D eigenvalue weighted by molar-refractivity contribution is -0.139. The number of hydrogen-bond donors (Lipinski definition) is 1. The third kappa shape index (κ3) is 8.71. The zero-order valence-electron chi connectivity index (χ0n) is 20.8. The van der Waals surface area contributed by atoms with Crippen molar-refractivity contribution in [2.24, 2.45) is 0 Å². The molecular formula is C29H33BrN2O3S. The van der Waals surface area contributed by atoms with Gasteiger partial charge in [-0.15, -0.1) is 11.8 Å². The van der Waals surface area contributed by atoms with Crippen LogP contribution in [0, 0.1) is 0 Å². The Hall–Kier alpha value is -2.77. The number of thioether (sulfide) groups is 1. The number of benzene rings is 3. The van der Waals surface area contributed by atoms with Crippen LogP contribution < -0.4 is 10.1 Å². The third-order valence-electron chi connectivity index (χ3n) is 5.72.